The summed E-state index contributed by atoms with van der Waals surface area (Å²) in [5.41, 5.74) is 1.82. The summed E-state index contributed by atoms with van der Waals surface area (Å²) in [5, 5.41) is 4.54. The van der Waals surface area contributed by atoms with Crippen LogP contribution in [0.2, 0.25) is 0 Å². The van der Waals surface area contributed by atoms with Gasteiger partial charge in [0.1, 0.15) is 5.01 Å². The Labute approximate surface area is 129 Å². The van der Waals surface area contributed by atoms with E-state index >= 15 is 0 Å². The van der Waals surface area contributed by atoms with Gasteiger partial charge in [0.25, 0.3) is 5.91 Å². The second-order valence-electron chi connectivity index (χ2n) is 5.31. The van der Waals surface area contributed by atoms with E-state index in [-0.39, 0.29) is 11.9 Å². The van der Waals surface area contributed by atoms with E-state index < -0.39 is 0 Å². The standard InChI is InChI=1S/C16H21N3OS/c1-11-9-18-15(21-11)12(2)17-10-13-6-5-7-14(8-13)16(20)19(3)4/h5-9,12,17H,10H2,1-4H3. The maximum absolute atomic E-state index is 12.0. The fraction of sp³-hybridized carbons (Fsp3) is 0.375. The summed E-state index contributed by atoms with van der Waals surface area (Å²) in [7, 11) is 3.53. The maximum Gasteiger partial charge on any atom is 0.253 e. The smallest absolute Gasteiger partial charge is 0.253 e. The molecule has 1 aromatic carbocycles. The van der Waals surface area contributed by atoms with Crippen LogP contribution in [0.25, 0.3) is 0 Å². The van der Waals surface area contributed by atoms with E-state index in [0.717, 1.165) is 16.1 Å². The average Bonchev–Trinajstić information content (AvgIpc) is 2.91. The number of thiazole rings is 1. The fourth-order valence-corrected chi connectivity index (χ4v) is 2.80. The number of hydrogen-bond donors (Lipinski definition) is 1. The quantitative estimate of drug-likeness (QED) is 0.923. The van der Waals surface area contributed by atoms with Crippen LogP contribution >= 0.6 is 11.3 Å². The molecule has 1 atom stereocenters. The first-order valence-corrected chi connectivity index (χ1v) is 7.75. The monoisotopic (exact) mass is 303 g/mol. The van der Waals surface area contributed by atoms with Crippen LogP contribution in [0.15, 0.2) is 30.5 Å². The van der Waals surface area contributed by atoms with Gasteiger partial charge >= 0.3 is 0 Å². The van der Waals surface area contributed by atoms with Crippen molar-refractivity contribution in [3.8, 4) is 0 Å². The van der Waals surface area contributed by atoms with Crippen LogP contribution < -0.4 is 5.32 Å². The summed E-state index contributed by atoms with van der Waals surface area (Å²) in [4.78, 5) is 19.2. The normalized spacial score (nSPS) is 12.2. The van der Waals surface area contributed by atoms with Crippen LogP contribution in [0.3, 0.4) is 0 Å². The van der Waals surface area contributed by atoms with E-state index in [1.165, 1.54) is 4.88 Å². The van der Waals surface area contributed by atoms with Crippen LogP contribution in [-0.2, 0) is 6.54 Å². The second kappa shape index (κ2) is 6.83. The lowest BCUT2D eigenvalue weighted by atomic mass is 10.1. The molecule has 0 fully saturated rings. The molecule has 1 heterocycles. The highest BCUT2D eigenvalue weighted by atomic mass is 32.1. The summed E-state index contributed by atoms with van der Waals surface area (Å²) in [6.07, 6.45) is 1.90. The molecule has 0 saturated carbocycles. The highest BCUT2D eigenvalue weighted by molar-refractivity contribution is 7.11. The van der Waals surface area contributed by atoms with Gasteiger partial charge in [0, 0.05) is 37.3 Å². The average molecular weight is 303 g/mol. The molecule has 0 bridgehead atoms. The molecule has 1 aromatic heterocycles. The fourth-order valence-electron chi connectivity index (χ4n) is 2.00. The molecule has 0 spiro atoms. The van der Waals surface area contributed by atoms with Crippen LogP contribution in [0.5, 0.6) is 0 Å². The summed E-state index contributed by atoms with van der Waals surface area (Å²) in [6, 6.07) is 7.94. The molecule has 1 amide bonds. The van der Waals surface area contributed by atoms with Crippen molar-refractivity contribution in [1.29, 1.82) is 0 Å². The minimum absolute atomic E-state index is 0.0282. The van der Waals surface area contributed by atoms with Gasteiger partial charge in [-0.25, -0.2) is 4.98 Å². The third-order valence-electron chi connectivity index (χ3n) is 3.20. The molecule has 0 saturated heterocycles. The van der Waals surface area contributed by atoms with Gasteiger partial charge in [0.2, 0.25) is 0 Å². The summed E-state index contributed by atoms with van der Waals surface area (Å²) >= 11 is 1.71. The molecular weight excluding hydrogens is 282 g/mol. The van der Waals surface area contributed by atoms with Gasteiger partial charge in [-0.05, 0) is 31.5 Å². The lowest BCUT2D eigenvalue weighted by Crippen LogP contribution is -2.22. The van der Waals surface area contributed by atoms with Crippen LogP contribution in [0, 0.1) is 6.92 Å². The first-order chi connectivity index (χ1) is 9.97. The Kier molecular flexibility index (Phi) is 5.09. The zero-order chi connectivity index (χ0) is 15.4. The minimum atomic E-state index is 0.0282. The van der Waals surface area contributed by atoms with Crippen molar-refractivity contribution in [2.75, 3.05) is 14.1 Å². The number of hydrogen-bond acceptors (Lipinski definition) is 4. The first-order valence-electron chi connectivity index (χ1n) is 6.93. The first kappa shape index (κ1) is 15.7. The SMILES string of the molecule is Cc1cnc(C(C)NCc2cccc(C(=O)N(C)C)c2)s1. The van der Waals surface area contributed by atoms with Gasteiger partial charge in [-0.1, -0.05) is 12.1 Å². The molecule has 1 N–H and O–H groups in total. The lowest BCUT2D eigenvalue weighted by Gasteiger charge is -2.13. The third-order valence-corrected chi connectivity index (χ3v) is 4.30. The number of aromatic nitrogens is 1. The van der Waals surface area contributed by atoms with E-state index in [9.17, 15) is 4.79 Å². The van der Waals surface area contributed by atoms with E-state index in [4.69, 9.17) is 0 Å². The molecule has 0 aliphatic rings. The molecule has 2 aromatic rings. The van der Waals surface area contributed by atoms with E-state index in [2.05, 4.69) is 24.1 Å². The van der Waals surface area contributed by atoms with Crippen molar-refractivity contribution >= 4 is 17.2 Å². The zero-order valence-corrected chi connectivity index (χ0v) is 13.7. The molecule has 0 aliphatic carbocycles. The number of rotatable bonds is 5. The molecule has 21 heavy (non-hydrogen) atoms. The molecule has 112 valence electrons. The molecule has 5 heteroatoms. The molecule has 2 rings (SSSR count). The van der Waals surface area contributed by atoms with Crippen LogP contribution in [-0.4, -0.2) is 29.9 Å². The molecular formula is C16H21N3OS. The number of benzene rings is 1. The van der Waals surface area contributed by atoms with Gasteiger partial charge in [-0.3, -0.25) is 4.79 Å². The van der Waals surface area contributed by atoms with Crippen molar-refractivity contribution in [1.82, 2.24) is 15.2 Å². The predicted octanol–water partition coefficient (Wildman–Crippen LogP) is 3.00. The summed E-state index contributed by atoms with van der Waals surface area (Å²) < 4.78 is 0. The van der Waals surface area contributed by atoms with Crippen molar-refractivity contribution in [3.63, 3.8) is 0 Å². The Hall–Kier alpha value is -1.72. The largest absolute Gasteiger partial charge is 0.345 e. The number of carbonyl (C=O) groups is 1. The van der Waals surface area contributed by atoms with E-state index in [1.54, 1.807) is 30.3 Å². The Morgan fingerprint density at radius 3 is 2.81 bits per heavy atom. The van der Waals surface area contributed by atoms with Gasteiger partial charge in [-0.15, -0.1) is 11.3 Å². The van der Waals surface area contributed by atoms with Gasteiger partial charge in [0.15, 0.2) is 0 Å². The Balaban J connectivity index is 2.00. The van der Waals surface area contributed by atoms with Crippen LogP contribution in [0.4, 0.5) is 0 Å². The van der Waals surface area contributed by atoms with Gasteiger partial charge < -0.3 is 10.2 Å². The third kappa shape index (κ3) is 4.12. The van der Waals surface area contributed by atoms with Crippen molar-refractivity contribution < 1.29 is 4.79 Å². The second-order valence-corrected chi connectivity index (χ2v) is 6.58. The topological polar surface area (TPSA) is 45.2 Å². The minimum Gasteiger partial charge on any atom is -0.345 e. The maximum atomic E-state index is 12.0. The number of nitrogens with zero attached hydrogens (tertiary/aromatic N) is 2. The molecule has 0 radical (unpaired) electrons. The highest BCUT2D eigenvalue weighted by Crippen LogP contribution is 2.19. The summed E-state index contributed by atoms with van der Waals surface area (Å²) in [6.45, 7) is 4.88. The van der Waals surface area contributed by atoms with Crippen molar-refractivity contribution in [2.24, 2.45) is 0 Å². The zero-order valence-electron chi connectivity index (χ0n) is 12.9. The van der Waals surface area contributed by atoms with Crippen molar-refractivity contribution in [2.45, 2.75) is 26.4 Å². The van der Waals surface area contributed by atoms with Crippen molar-refractivity contribution in [3.05, 3.63) is 51.5 Å². The number of carbonyl (C=O) groups excluding carboxylic acids is 1. The van der Waals surface area contributed by atoms with Crippen LogP contribution in [0.1, 0.15) is 38.8 Å². The molecule has 4 nitrogen and oxygen atoms in total. The van der Waals surface area contributed by atoms with Gasteiger partial charge in [-0.2, -0.15) is 0 Å². The number of amides is 1. The van der Waals surface area contributed by atoms with Gasteiger partial charge in [0.05, 0.1) is 6.04 Å². The van der Waals surface area contributed by atoms with E-state index in [1.807, 2.05) is 30.5 Å². The number of aryl methyl sites for hydroxylation is 1. The summed E-state index contributed by atoms with van der Waals surface area (Å²) in [5.74, 6) is 0.0282. The lowest BCUT2D eigenvalue weighted by molar-refractivity contribution is 0.0827. The Bertz CT molecular complexity index is 621. The number of nitrogens with one attached hydrogen (secondary N) is 1. The van der Waals surface area contributed by atoms with E-state index in [0.29, 0.717) is 6.54 Å². The molecule has 1 unspecified atom stereocenters. The molecule has 0 aliphatic heterocycles. The predicted molar refractivity (Wildman–Crippen MR) is 86.6 cm³/mol. The highest BCUT2D eigenvalue weighted by Gasteiger charge is 2.11. The Morgan fingerprint density at radius 2 is 2.19 bits per heavy atom. The Morgan fingerprint density at radius 1 is 1.43 bits per heavy atom.